The molecule has 1 aliphatic rings. The summed E-state index contributed by atoms with van der Waals surface area (Å²) in [6, 6.07) is 15.5. The first-order chi connectivity index (χ1) is 14.0. The molecule has 148 valence electrons. The second-order valence-corrected chi connectivity index (χ2v) is 7.58. The van der Waals surface area contributed by atoms with Gasteiger partial charge in [0.25, 0.3) is 0 Å². The maximum Gasteiger partial charge on any atom is 0.234 e. The Kier molecular flexibility index (Phi) is 6.68. The number of nitriles is 1. The first-order valence-corrected chi connectivity index (χ1v) is 10.2. The number of carbonyl (C=O) groups excluding carboxylic acids is 2. The number of aryl methyl sites for hydroxylation is 1. The van der Waals surface area contributed by atoms with Crippen LogP contribution in [-0.4, -0.2) is 17.6 Å². The lowest BCUT2D eigenvalue weighted by atomic mass is 9.87. The molecule has 0 spiro atoms. The van der Waals surface area contributed by atoms with E-state index in [0.717, 1.165) is 18.2 Å². The lowest BCUT2D eigenvalue weighted by molar-refractivity contribution is -0.121. The Hall–Kier alpha value is -3.11. The predicted octanol–water partition coefficient (Wildman–Crippen LogP) is 4.10. The lowest BCUT2D eigenvalue weighted by Gasteiger charge is -2.25. The van der Waals surface area contributed by atoms with Crippen molar-refractivity contribution in [3.8, 4) is 6.07 Å². The fourth-order valence-corrected chi connectivity index (χ4v) is 3.95. The van der Waals surface area contributed by atoms with Crippen molar-refractivity contribution in [2.45, 2.75) is 25.7 Å². The van der Waals surface area contributed by atoms with Crippen molar-refractivity contribution in [3.05, 3.63) is 76.1 Å². The van der Waals surface area contributed by atoms with E-state index in [1.807, 2.05) is 24.3 Å². The number of nitrogens with zero attached hydrogens (tertiary/aromatic N) is 1. The van der Waals surface area contributed by atoms with Crippen LogP contribution in [0.5, 0.6) is 0 Å². The molecule has 0 bridgehead atoms. The Bertz CT molecular complexity index is 979. The fourth-order valence-electron chi connectivity index (χ4n) is 3.07. The zero-order chi connectivity index (χ0) is 20.8. The van der Waals surface area contributed by atoms with Gasteiger partial charge in [-0.05, 0) is 41.8 Å². The molecule has 0 aromatic heterocycles. The van der Waals surface area contributed by atoms with Crippen molar-refractivity contribution in [2.24, 2.45) is 0 Å². The second kappa shape index (κ2) is 9.39. The number of hydrogen-bond acceptors (Lipinski definition) is 4. The van der Waals surface area contributed by atoms with Crippen LogP contribution in [0.2, 0.25) is 0 Å². The summed E-state index contributed by atoms with van der Waals surface area (Å²) in [4.78, 5) is 24.4. The smallest absolute Gasteiger partial charge is 0.234 e. The molecule has 2 amide bonds. The number of benzene rings is 2. The Morgan fingerprint density at radius 1 is 1.24 bits per heavy atom. The third-order valence-electron chi connectivity index (χ3n) is 4.62. The van der Waals surface area contributed by atoms with Crippen LogP contribution in [-0.2, 0) is 16.0 Å². The van der Waals surface area contributed by atoms with E-state index >= 15 is 0 Å². The van der Waals surface area contributed by atoms with E-state index in [4.69, 9.17) is 0 Å². The number of anilines is 1. The van der Waals surface area contributed by atoms with Crippen molar-refractivity contribution < 1.29 is 14.0 Å². The zero-order valence-corrected chi connectivity index (χ0v) is 16.7. The largest absolute Gasteiger partial charge is 0.325 e. The van der Waals surface area contributed by atoms with Crippen LogP contribution in [0.1, 0.15) is 30.4 Å². The fraction of sp³-hybridized carbons (Fsp3) is 0.227. The molecule has 0 saturated heterocycles. The van der Waals surface area contributed by atoms with Gasteiger partial charge in [0.15, 0.2) is 0 Å². The number of amides is 2. The maximum atomic E-state index is 13.2. The minimum absolute atomic E-state index is 0.0481. The van der Waals surface area contributed by atoms with Gasteiger partial charge >= 0.3 is 0 Å². The number of nitrogens with one attached hydrogen (secondary N) is 2. The maximum absolute atomic E-state index is 13.2. The van der Waals surface area contributed by atoms with Crippen LogP contribution >= 0.6 is 11.8 Å². The van der Waals surface area contributed by atoms with Crippen molar-refractivity contribution in [2.75, 3.05) is 11.1 Å². The third-order valence-corrected chi connectivity index (χ3v) is 5.64. The molecule has 0 radical (unpaired) electrons. The van der Waals surface area contributed by atoms with E-state index < -0.39 is 5.92 Å². The van der Waals surface area contributed by atoms with Gasteiger partial charge in [0.05, 0.1) is 22.4 Å². The number of allylic oxidation sites excluding steroid dienone is 1. The lowest BCUT2D eigenvalue weighted by Crippen LogP contribution is -2.31. The van der Waals surface area contributed by atoms with Gasteiger partial charge in [-0.2, -0.15) is 5.26 Å². The monoisotopic (exact) mass is 409 g/mol. The molecule has 29 heavy (non-hydrogen) atoms. The molecule has 2 N–H and O–H groups in total. The van der Waals surface area contributed by atoms with Crippen molar-refractivity contribution in [1.29, 1.82) is 5.26 Å². The summed E-state index contributed by atoms with van der Waals surface area (Å²) in [5.41, 5.74) is 2.94. The van der Waals surface area contributed by atoms with Gasteiger partial charge in [-0.25, -0.2) is 4.39 Å². The molecule has 2 aromatic carbocycles. The summed E-state index contributed by atoms with van der Waals surface area (Å²) in [5, 5.41) is 15.5. The molecule has 1 heterocycles. The highest BCUT2D eigenvalue weighted by Crippen LogP contribution is 2.35. The quantitative estimate of drug-likeness (QED) is 0.753. The van der Waals surface area contributed by atoms with Crippen LogP contribution in [0.4, 0.5) is 10.1 Å². The van der Waals surface area contributed by atoms with Gasteiger partial charge in [-0.3, -0.25) is 9.59 Å². The number of halogens is 1. The Labute approximate surface area is 173 Å². The summed E-state index contributed by atoms with van der Waals surface area (Å²) < 4.78 is 13.2. The Morgan fingerprint density at radius 3 is 2.55 bits per heavy atom. The van der Waals surface area contributed by atoms with Crippen LogP contribution in [0.15, 0.2) is 59.1 Å². The first kappa shape index (κ1) is 20.6. The molecule has 0 unspecified atom stereocenters. The molecule has 5 nitrogen and oxygen atoms in total. The van der Waals surface area contributed by atoms with Crippen molar-refractivity contribution in [3.63, 3.8) is 0 Å². The number of thioether (sulfide) groups is 1. The second-order valence-electron chi connectivity index (χ2n) is 6.60. The van der Waals surface area contributed by atoms with Crippen LogP contribution in [0.25, 0.3) is 0 Å². The molecule has 0 saturated carbocycles. The van der Waals surface area contributed by atoms with Gasteiger partial charge in [0.2, 0.25) is 11.8 Å². The van der Waals surface area contributed by atoms with E-state index in [-0.39, 0.29) is 29.8 Å². The number of carbonyl (C=O) groups is 2. The molecular weight excluding hydrogens is 389 g/mol. The molecule has 1 aliphatic heterocycles. The third kappa shape index (κ3) is 5.24. The van der Waals surface area contributed by atoms with Gasteiger partial charge in [0.1, 0.15) is 5.82 Å². The van der Waals surface area contributed by atoms with Gasteiger partial charge in [0, 0.05) is 18.0 Å². The molecular formula is C22H20FN3O2S. The minimum atomic E-state index is -0.457. The molecule has 7 heteroatoms. The Morgan fingerprint density at radius 2 is 1.93 bits per heavy atom. The van der Waals surface area contributed by atoms with Crippen molar-refractivity contribution in [1.82, 2.24) is 5.32 Å². The summed E-state index contributed by atoms with van der Waals surface area (Å²) >= 11 is 1.11. The number of rotatable bonds is 6. The number of hydrogen-bond donors (Lipinski definition) is 2. The van der Waals surface area contributed by atoms with E-state index in [1.54, 1.807) is 12.1 Å². The highest BCUT2D eigenvalue weighted by Gasteiger charge is 2.29. The van der Waals surface area contributed by atoms with Gasteiger partial charge in [-0.1, -0.05) is 43.0 Å². The van der Waals surface area contributed by atoms with Gasteiger partial charge < -0.3 is 10.6 Å². The molecule has 2 aromatic rings. The highest BCUT2D eigenvalue weighted by molar-refractivity contribution is 8.03. The zero-order valence-electron chi connectivity index (χ0n) is 15.9. The summed E-state index contributed by atoms with van der Waals surface area (Å²) in [7, 11) is 0. The molecule has 0 fully saturated rings. The summed E-state index contributed by atoms with van der Waals surface area (Å²) in [5.74, 6) is -1.26. The molecule has 3 rings (SSSR count). The topological polar surface area (TPSA) is 82.0 Å². The molecule has 0 aliphatic carbocycles. The van der Waals surface area contributed by atoms with Gasteiger partial charge in [-0.15, -0.1) is 0 Å². The van der Waals surface area contributed by atoms with E-state index in [9.17, 15) is 19.2 Å². The average Bonchev–Trinajstić information content (AvgIpc) is 2.73. The first-order valence-electron chi connectivity index (χ1n) is 9.21. The van der Waals surface area contributed by atoms with E-state index in [2.05, 4.69) is 23.6 Å². The SMILES string of the molecule is CCc1ccc(NC(=O)CSC2=C(C#N)[C@H](c3ccc(F)cc3)CC(=O)N2)cc1. The minimum Gasteiger partial charge on any atom is -0.325 e. The predicted molar refractivity (Wildman–Crippen MR) is 111 cm³/mol. The summed E-state index contributed by atoms with van der Waals surface area (Å²) in [6.07, 6.45) is 1.03. The standard InChI is InChI=1S/C22H20FN3O2S/c1-2-14-3-9-17(10-4-14)25-21(28)13-29-22-19(12-24)18(11-20(27)26-22)15-5-7-16(23)8-6-15/h3-10,18H,2,11,13H2,1H3,(H,25,28)(H,26,27)/t18-/m0/s1. The normalized spacial score (nSPS) is 16.2. The Balaban J connectivity index is 1.71. The highest BCUT2D eigenvalue weighted by atomic mass is 32.2. The van der Waals surface area contributed by atoms with Crippen molar-refractivity contribution >= 4 is 29.3 Å². The van der Waals surface area contributed by atoms with Crippen LogP contribution < -0.4 is 10.6 Å². The van der Waals surface area contributed by atoms with Crippen LogP contribution in [0, 0.1) is 17.1 Å². The van der Waals surface area contributed by atoms with E-state index in [1.165, 1.54) is 17.7 Å². The van der Waals surface area contributed by atoms with E-state index in [0.29, 0.717) is 21.9 Å². The summed E-state index contributed by atoms with van der Waals surface area (Å²) in [6.45, 7) is 2.06. The van der Waals surface area contributed by atoms with Crippen LogP contribution in [0.3, 0.4) is 0 Å². The average molecular weight is 409 g/mol. The molecule has 1 atom stereocenters.